The van der Waals surface area contributed by atoms with Gasteiger partial charge in [0.15, 0.2) is 0 Å². The van der Waals surface area contributed by atoms with Gasteiger partial charge in [-0.15, -0.1) is 0 Å². The zero-order chi connectivity index (χ0) is 13.9. The van der Waals surface area contributed by atoms with Crippen LogP contribution in [0.3, 0.4) is 0 Å². The summed E-state index contributed by atoms with van der Waals surface area (Å²) in [5.74, 6) is 1.04. The smallest absolute Gasteiger partial charge is 0.122 e. The highest BCUT2D eigenvalue weighted by atomic mass is 16.5. The molecule has 1 aliphatic rings. The summed E-state index contributed by atoms with van der Waals surface area (Å²) in [6.07, 6.45) is 2.96. The molecule has 1 heterocycles. The van der Waals surface area contributed by atoms with Crippen LogP contribution in [-0.2, 0) is 17.6 Å². The van der Waals surface area contributed by atoms with E-state index in [0.717, 1.165) is 31.6 Å². The summed E-state index contributed by atoms with van der Waals surface area (Å²) >= 11 is 0. The Kier molecular flexibility index (Phi) is 4.48. The number of rotatable bonds is 6. The molecule has 0 aliphatic carbocycles. The largest absolute Gasteiger partial charge is 0.493 e. The van der Waals surface area contributed by atoms with Gasteiger partial charge in [-0.3, -0.25) is 0 Å². The van der Waals surface area contributed by atoms with Gasteiger partial charge in [-0.1, -0.05) is 12.1 Å². The van der Waals surface area contributed by atoms with E-state index >= 15 is 0 Å². The van der Waals surface area contributed by atoms with E-state index in [1.165, 1.54) is 11.1 Å². The standard InChI is InChI=1S/C16H25NO2/c1-4-19-16(2,3)15(17)8-6-12-5-7-14-13(11-12)9-10-18-14/h5,7,11,15H,4,6,8-10,17H2,1-3H3. The Morgan fingerprint density at radius 2 is 2.21 bits per heavy atom. The van der Waals surface area contributed by atoms with Crippen LogP contribution in [0.25, 0.3) is 0 Å². The number of fused-ring (bicyclic) bond motifs is 1. The van der Waals surface area contributed by atoms with E-state index in [2.05, 4.69) is 32.0 Å². The van der Waals surface area contributed by atoms with Gasteiger partial charge in [0.2, 0.25) is 0 Å². The minimum atomic E-state index is -0.255. The molecule has 0 amide bonds. The van der Waals surface area contributed by atoms with Crippen LogP contribution in [0.5, 0.6) is 5.75 Å². The molecule has 2 rings (SSSR count). The van der Waals surface area contributed by atoms with E-state index in [9.17, 15) is 0 Å². The zero-order valence-corrected chi connectivity index (χ0v) is 12.2. The van der Waals surface area contributed by atoms with Crippen molar-refractivity contribution in [2.75, 3.05) is 13.2 Å². The predicted molar refractivity (Wildman–Crippen MR) is 77.6 cm³/mol. The maximum absolute atomic E-state index is 6.25. The van der Waals surface area contributed by atoms with Gasteiger partial charge in [0.1, 0.15) is 5.75 Å². The molecule has 0 saturated heterocycles. The molecule has 1 unspecified atom stereocenters. The number of ether oxygens (including phenoxy) is 2. The van der Waals surface area contributed by atoms with Crippen LogP contribution in [0.2, 0.25) is 0 Å². The fourth-order valence-electron chi connectivity index (χ4n) is 2.54. The Balaban J connectivity index is 1.92. The van der Waals surface area contributed by atoms with Gasteiger partial charge in [-0.05, 0) is 50.8 Å². The van der Waals surface area contributed by atoms with Crippen LogP contribution in [0.15, 0.2) is 18.2 Å². The van der Waals surface area contributed by atoms with Gasteiger partial charge in [0, 0.05) is 19.1 Å². The van der Waals surface area contributed by atoms with Crippen molar-refractivity contribution in [2.24, 2.45) is 5.73 Å². The molecule has 1 aromatic rings. The maximum atomic E-state index is 6.25. The summed E-state index contributed by atoms with van der Waals surface area (Å²) in [7, 11) is 0. The average molecular weight is 263 g/mol. The molecule has 0 fully saturated rings. The molecule has 0 radical (unpaired) electrons. The van der Waals surface area contributed by atoms with E-state index < -0.39 is 0 Å². The first-order chi connectivity index (χ1) is 9.03. The monoisotopic (exact) mass is 263 g/mol. The lowest BCUT2D eigenvalue weighted by atomic mass is 9.93. The minimum Gasteiger partial charge on any atom is -0.493 e. The van der Waals surface area contributed by atoms with Crippen molar-refractivity contribution in [1.29, 1.82) is 0 Å². The Bertz CT molecular complexity index is 429. The van der Waals surface area contributed by atoms with Crippen molar-refractivity contribution in [2.45, 2.75) is 51.7 Å². The quantitative estimate of drug-likeness (QED) is 0.858. The van der Waals surface area contributed by atoms with Crippen LogP contribution in [0, 0.1) is 0 Å². The van der Waals surface area contributed by atoms with Crippen LogP contribution in [-0.4, -0.2) is 24.9 Å². The van der Waals surface area contributed by atoms with E-state index in [0.29, 0.717) is 6.61 Å². The Hall–Kier alpha value is -1.06. The highest BCUT2D eigenvalue weighted by molar-refractivity contribution is 5.39. The lowest BCUT2D eigenvalue weighted by Gasteiger charge is -2.31. The Labute approximate surface area is 116 Å². The van der Waals surface area contributed by atoms with Gasteiger partial charge < -0.3 is 15.2 Å². The second-order valence-corrected chi connectivity index (χ2v) is 5.72. The predicted octanol–water partition coefficient (Wildman–Crippen LogP) is 2.70. The fraction of sp³-hybridized carbons (Fsp3) is 0.625. The van der Waals surface area contributed by atoms with Crippen LogP contribution >= 0.6 is 0 Å². The van der Waals surface area contributed by atoms with E-state index in [1.807, 2.05) is 6.92 Å². The molecule has 0 saturated carbocycles. The summed E-state index contributed by atoms with van der Waals surface area (Å²) in [5.41, 5.74) is 8.66. The number of hydrogen-bond acceptors (Lipinski definition) is 3. The van der Waals surface area contributed by atoms with E-state index in [-0.39, 0.29) is 11.6 Å². The molecule has 3 nitrogen and oxygen atoms in total. The minimum absolute atomic E-state index is 0.0527. The number of benzene rings is 1. The third-order valence-electron chi connectivity index (χ3n) is 3.91. The lowest BCUT2D eigenvalue weighted by Crippen LogP contribution is -2.45. The van der Waals surface area contributed by atoms with Crippen molar-refractivity contribution in [1.82, 2.24) is 0 Å². The molecule has 106 valence electrons. The molecule has 1 aromatic carbocycles. The first-order valence-electron chi connectivity index (χ1n) is 7.17. The summed E-state index contributed by atoms with van der Waals surface area (Å²) in [6, 6.07) is 6.53. The molecule has 2 N–H and O–H groups in total. The summed E-state index contributed by atoms with van der Waals surface area (Å²) in [6.45, 7) is 7.66. The highest BCUT2D eigenvalue weighted by Crippen LogP contribution is 2.27. The van der Waals surface area contributed by atoms with Gasteiger partial charge in [-0.25, -0.2) is 0 Å². The molecular formula is C16H25NO2. The Morgan fingerprint density at radius 3 is 2.95 bits per heavy atom. The molecule has 19 heavy (non-hydrogen) atoms. The third-order valence-corrected chi connectivity index (χ3v) is 3.91. The van der Waals surface area contributed by atoms with Crippen molar-refractivity contribution < 1.29 is 9.47 Å². The van der Waals surface area contributed by atoms with Gasteiger partial charge >= 0.3 is 0 Å². The second kappa shape index (κ2) is 5.93. The van der Waals surface area contributed by atoms with Gasteiger partial charge in [0.25, 0.3) is 0 Å². The topological polar surface area (TPSA) is 44.5 Å². The molecule has 1 atom stereocenters. The van der Waals surface area contributed by atoms with Crippen LogP contribution in [0.1, 0.15) is 38.3 Å². The Morgan fingerprint density at radius 1 is 1.42 bits per heavy atom. The van der Waals surface area contributed by atoms with Crippen LogP contribution in [0.4, 0.5) is 0 Å². The first-order valence-corrected chi connectivity index (χ1v) is 7.17. The first kappa shape index (κ1) is 14.4. The van der Waals surface area contributed by atoms with Crippen molar-refractivity contribution in [3.05, 3.63) is 29.3 Å². The molecular weight excluding hydrogens is 238 g/mol. The summed E-state index contributed by atoms with van der Waals surface area (Å²) in [5, 5.41) is 0. The summed E-state index contributed by atoms with van der Waals surface area (Å²) < 4.78 is 11.2. The molecule has 0 aromatic heterocycles. The number of hydrogen-bond donors (Lipinski definition) is 1. The fourth-order valence-corrected chi connectivity index (χ4v) is 2.54. The van der Waals surface area contributed by atoms with E-state index in [4.69, 9.17) is 15.2 Å². The van der Waals surface area contributed by atoms with Crippen molar-refractivity contribution >= 4 is 0 Å². The molecule has 1 aliphatic heterocycles. The SMILES string of the molecule is CCOC(C)(C)C(N)CCc1ccc2c(c1)CCO2. The van der Waals surface area contributed by atoms with Gasteiger partial charge in [-0.2, -0.15) is 0 Å². The number of nitrogens with two attached hydrogens (primary N) is 1. The lowest BCUT2D eigenvalue weighted by molar-refractivity contribution is -0.0306. The highest BCUT2D eigenvalue weighted by Gasteiger charge is 2.26. The zero-order valence-electron chi connectivity index (χ0n) is 12.2. The maximum Gasteiger partial charge on any atom is 0.122 e. The second-order valence-electron chi connectivity index (χ2n) is 5.72. The number of aryl methyl sites for hydroxylation is 1. The molecule has 0 spiro atoms. The van der Waals surface area contributed by atoms with Crippen molar-refractivity contribution in [3.8, 4) is 5.75 Å². The van der Waals surface area contributed by atoms with Gasteiger partial charge in [0.05, 0.1) is 12.2 Å². The average Bonchev–Trinajstić information content (AvgIpc) is 2.83. The normalized spacial score (nSPS) is 16.0. The molecule has 3 heteroatoms. The van der Waals surface area contributed by atoms with Crippen LogP contribution < -0.4 is 10.5 Å². The summed E-state index contributed by atoms with van der Waals surface area (Å²) in [4.78, 5) is 0. The van der Waals surface area contributed by atoms with E-state index in [1.54, 1.807) is 0 Å². The third kappa shape index (κ3) is 3.48. The molecule has 0 bridgehead atoms. The van der Waals surface area contributed by atoms with Crippen molar-refractivity contribution in [3.63, 3.8) is 0 Å².